The van der Waals surface area contributed by atoms with Gasteiger partial charge in [0.1, 0.15) is 11.2 Å². The summed E-state index contributed by atoms with van der Waals surface area (Å²) < 4.78 is 8.86. The molecule has 0 radical (unpaired) electrons. The fraction of sp³-hybridized carbons (Fsp3) is 0. The number of hydrogen-bond acceptors (Lipinski definition) is 6. The van der Waals surface area contributed by atoms with Crippen LogP contribution in [0.5, 0.6) is 0 Å². The summed E-state index contributed by atoms with van der Waals surface area (Å²) in [7, 11) is 0. The van der Waals surface area contributed by atoms with Crippen LogP contribution in [-0.2, 0) is 0 Å². The van der Waals surface area contributed by atoms with Gasteiger partial charge in [-0.3, -0.25) is 0 Å². The Morgan fingerprint density at radius 3 is 0.722 bits per heavy atom. The molecule has 0 aliphatic carbocycles. The van der Waals surface area contributed by atoms with Gasteiger partial charge in [0.05, 0.1) is 0 Å². The van der Waals surface area contributed by atoms with Gasteiger partial charge in [-0.05, 0) is 259 Å². The second-order valence-electron chi connectivity index (χ2n) is 31.5. The molecule has 0 spiro atoms. The third-order valence-corrected chi connectivity index (χ3v) is 24.9. The van der Waals surface area contributed by atoms with Crippen LogP contribution in [0, 0.1) is 0 Å². The summed E-state index contributed by atoms with van der Waals surface area (Å²) in [6, 6.07) is 183. The van der Waals surface area contributed by atoms with Crippen molar-refractivity contribution in [1.82, 2.24) is 0 Å². The van der Waals surface area contributed by atoms with Crippen LogP contribution in [0.3, 0.4) is 0 Å². The largest absolute Gasteiger partial charge is 0.456 e. The molecule has 0 fully saturated rings. The molecule has 22 rings (SSSR count). The predicted octanol–water partition coefficient (Wildman–Crippen LogP) is 34.9. The lowest BCUT2D eigenvalue weighted by atomic mass is 9.98. The van der Waals surface area contributed by atoms with Gasteiger partial charge >= 0.3 is 0 Å². The Balaban J connectivity index is 0.000000157. The normalized spacial score (nSPS) is 11.2. The molecule has 0 amide bonds. The minimum Gasteiger partial charge on any atom is -0.456 e. The number of anilines is 12. The molecule has 20 aromatic carbocycles. The Hall–Kier alpha value is -16.4. The molecule has 6 heteroatoms. The second-order valence-corrected chi connectivity index (χ2v) is 32.6. The number of furan rings is 1. The van der Waals surface area contributed by atoms with Gasteiger partial charge in [-0.1, -0.05) is 340 Å². The van der Waals surface area contributed by atoms with Crippen molar-refractivity contribution >= 4 is 122 Å². The topological polar surface area (TPSA) is 26.1 Å². The van der Waals surface area contributed by atoms with E-state index >= 15 is 0 Å². The van der Waals surface area contributed by atoms with Crippen molar-refractivity contribution in [3.05, 3.63) is 510 Å². The van der Waals surface area contributed by atoms with Crippen LogP contribution in [0.4, 0.5) is 68.2 Å². The lowest BCUT2D eigenvalue weighted by Crippen LogP contribution is -2.10. The predicted molar refractivity (Wildman–Crippen MR) is 535 cm³/mol. The molecular formula is C120H84N4OS. The van der Waals surface area contributed by atoms with Crippen LogP contribution < -0.4 is 19.6 Å². The maximum atomic E-state index is 6.24. The van der Waals surface area contributed by atoms with E-state index in [1.807, 2.05) is 23.5 Å². The van der Waals surface area contributed by atoms with Crippen molar-refractivity contribution < 1.29 is 4.42 Å². The van der Waals surface area contributed by atoms with E-state index in [-0.39, 0.29) is 0 Å². The summed E-state index contributed by atoms with van der Waals surface area (Å²) in [5.74, 6) is 0. The van der Waals surface area contributed by atoms with Gasteiger partial charge < -0.3 is 24.0 Å². The lowest BCUT2D eigenvalue weighted by molar-refractivity contribution is 0.669. The average molecular weight is 1630 g/mol. The number of hydrogen-bond donors (Lipinski definition) is 0. The standard InChI is InChI=1S/C66H46N2S.C54H38N2O/c1-4-15-47(16-5-1)50-29-37-56(38-30-50)67(57-39-31-51(32-40-57)48-17-6-2-7-18-48)60-23-12-21-54(45-60)55-22-13-24-61(46-55)68(58-41-33-52(34-42-58)49-19-8-3-9-20-49)59-43-35-53(36-44-59)62-26-14-28-65-66(62)63-25-10-11-27-64(63)69-65;1-4-15-39(16-5-1)40-29-33-46(34-30-40)56(47-35-31-41(32-36-47)50-26-14-28-53-54(50)51-25-10-11-27-52(51)57-53)49-24-13-18-43(38-49)42-17-12-23-48(37-42)55(44-19-6-2-7-20-44)45-21-8-3-9-22-45/h1-46H;1-38H. The SMILES string of the molecule is c1ccc(-c2ccc(N(c3ccc(-c4cccc5oc6ccccc6c45)cc3)c3cccc(-c4cccc(N(c5ccccc5)c5ccccc5)c4)c3)cc2)cc1.c1ccc(-c2ccc(N(c3ccc(-c4ccccc4)cc3)c3cccc(-c4cccc(N(c5ccc(-c6ccccc6)cc5)c5ccc(-c6cccc7sc8ccccc8c67)cc5)c4)c3)cc2)cc1. The van der Waals surface area contributed by atoms with E-state index in [4.69, 9.17) is 4.42 Å². The van der Waals surface area contributed by atoms with Crippen molar-refractivity contribution in [3.8, 4) is 89.0 Å². The second kappa shape index (κ2) is 35.0. The van der Waals surface area contributed by atoms with Gasteiger partial charge in [-0.25, -0.2) is 0 Å². The van der Waals surface area contributed by atoms with Crippen molar-refractivity contribution in [2.24, 2.45) is 0 Å². The fourth-order valence-corrected chi connectivity index (χ4v) is 18.7. The molecule has 0 bridgehead atoms. The molecule has 596 valence electrons. The summed E-state index contributed by atoms with van der Waals surface area (Å²) in [4.78, 5) is 9.39. The Kier molecular flexibility index (Phi) is 21.4. The number of rotatable bonds is 20. The van der Waals surface area contributed by atoms with Crippen LogP contribution in [0.1, 0.15) is 0 Å². The maximum absolute atomic E-state index is 6.24. The van der Waals surface area contributed by atoms with Crippen LogP contribution in [-0.4, -0.2) is 0 Å². The molecule has 2 aromatic heterocycles. The number of benzene rings is 20. The van der Waals surface area contributed by atoms with E-state index in [1.54, 1.807) is 0 Å². The molecular weight excluding hydrogens is 1550 g/mol. The first-order valence-corrected chi connectivity index (χ1v) is 43.6. The van der Waals surface area contributed by atoms with Gasteiger partial charge in [0.2, 0.25) is 0 Å². The molecule has 22 aromatic rings. The van der Waals surface area contributed by atoms with Crippen LogP contribution in [0.15, 0.2) is 514 Å². The summed E-state index contributed by atoms with van der Waals surface area (Å²) in [5.41, 5.74) is 33.7. The fourth-order valence-electron chi connectivity index (χ4n) is 17.6. The molecule has 126 heavy (non-hydrogen) atoms. The van der Waals surface area contributed by atoms with Crippen LogP contribution in [0.2, 0.25) is 0 Å². The number of para-hydroxylation sites is 3. The van der Waals surface area contributed by atoms with E-state index < -0.39 is 0 Å². The van der Waals surface area contributed by atoms with Gasteiger partial charge in [0.25, 0.3) is 0 Å². The van der Waals surface area contributed by atoms with Gasteiger partial charge in [0, 0.05) is 99.2 Å². The summed E-state index contributed by atoms with van der Waals surface area (Å²) >= 11 is 1.86. The molecule has 0 saturated carbocycles. The first-order chi connectivity index (χ1) is 62.5. The Morgan fingerprint density at radius 1 is 0.143 bits per heavy atom. The zero-order valence-corrected chi connectivity index (χ0v) is 69.9. The van der Waals surface area contributed by atoms with Gasteiger partial charge in [-0.2, -0.15) is 0 Å². The summed E-state index contributed by atoms with van der Waals surface area (Å²) in [5, 5.41) is 4.90. The van der Waals surface area contributed by atoms with Crippen LogP contribution >= 0.6 is 11.3 Å². The number of fused-ring (bicyclic) bond motifs is 6. The number of nitrogens with zero attached hydrogens (tertiary/aromatic N) is 4. The highest BCUT2D eigenvalue weighted by atomic mass is 32.1. The zero-order chi connectivity index (χ0) is 83.9. The minimum atomic E-state index is 0.898. The monoisotopic (exact) mass is 1630 g/mol. The van der Waals surface area contributed by atoms with E-state index in [0.717, 1.165) is 124 Å². The van der Waals surface area contributed by atoms with Crippen LogP contribution in [0.25, 0.3) is 131 Å². The third kappa shape index (κ3) is 15.9. The van der Waals surface area contributed by atoms with E-state index in [2.05, 4.69) is 517 Å². The van der Waals surface area contributed by atoms with Crippen molar-refractivity contribution in [2.75, 3.05) is 19.6 Å². The highest BCUT2D eigenvalue weighted by Gasteiger charge is 2.23. The molecule has 0 N–H and O–H groups in total. The van der Waals surface area contributed by atoms with Crippen molar-refractivity contribution in [3.63, 3.8) is 0 Å². The molecule has 5 nitrogen and oxygen atoms in total. The first-order valence-electron chi connectivity index (χ1n) is 42.8. The maximum Gasteiger partial charge on any atom is 0.136 e. The van der Waals surface area contributed by atoms with Crippen molar-refractivity contribution in [2.45, 2.75) is 0 Å². The highest BCUT2D eigenvalue weighted by molar-refractivity contribution is 7.26. The highest BCUT2D eigenvalue weighted by Crippen LogP contribution is 2.47. The quantitative estimate of drug-likeness (QED) is 0.0758. The van der Waals surface area contributed by atoms with Crippen molar-refractivity contribution in [1.29, 1.82) is 0 Å². The zero-order valence-electron chi connectivity index (χ0n) is 69.1. The molecule has 0 aliphatic rings. The van der Waals surface area contributed by atoms with E-state index in [0.29, 0.717) is 0 Å². The smallest absolute Gasteiger partial charge is 0.136 e. The minimum absolute atomic E-state index is 0.898. The molecule has 0 saturated heterocycles. The average Bonchev–Trinajstić information content (AvgIpc) is 1.65. The van der Waals surface area contributed by atoms with Gasteiger partial charge in [0.15, 0.2) is 0 Å². The number of thiophene rings is 1. The Bertz CT molecular complexity index is 7390. The lowest BCUT2D eigenvalue weighted by Gasteiger charge is -2.27. The molecule has 2 heterocycles. The summed E-state index contributed by atoms with van der Waals surface area (Å²) in [6.07, 6.45) is 0. The Morgan fingerprint density at radius 2 is 0.373 bits per heavy atom. The van der Waals surface area contributed by atoms with E-state index in [1.165, 1.54) is 75.8 Å². The first kappa shape index (κ1) is 77.0. The third-order valence-electron chi connectivity index (χ3n) is 23.7. The Labute approximate surface area is 739 Å². The molecule has 0 atom stereocenters. The summed E-state index contributed by atoms with van der Waals surface area (Å²) in [6.45, 7) is 0. The van der Waals surface area contributed by atoms with Gasteiger partial charge in [-0.15, -0.1) is 11.3 Å². The molecule has 0 aliphatic heterocycles. The molecule has 0 unspecified atom stereocenters. The van der Waals surface area contributed by atoms with E-state index in [9.17, 15) is 0 Å².